The summed E-state index contributed by atoms with van der Waals surface area (Å²) >= 11 is 0. The lowest BCUT2D eigenvalue weighted by molar-refractivity contribution is 0.0995. The summed E-state index contributed by atoms with van der Waals surface area (Å²) in [5.41, 5.74) is 5.54. The van der Waals surface area contributed by atoms with Crippen LogP contribution in [-0.4, -0.2) is 37.1 Å². The standard InChI is InChI=1S/C11H16N4O/c12-11(16)9-3-1-4-10(14-9)15-7-2-5-13-6-8-15/h1,3-4,13H,2,5-8H2,(H2,12,16). The van der Waals surface area contributed by atoms with Gasteiger partial charge in [0.2, 0.25) is 0 Å². The fourth-order valence-electron chi connectivity index (χ4n) is 1.81. The van der Waals surface area contributed by atoms with Crippen molar-refractivity contribution in [1.82, 2.24) is 10.3 Å². The Morgan fingerprint density at radius 3 is 3.06 bits per heavy atom. The molecule has 0 aromatic carbocycles. The predicted octanol–water partition coefficient (Wildman–Crippen LogP) is -0.0198. The molecule has 3 N–H and O–H groups in total. The van der Waals surface area contributed by atoms with Gasteiger partial charge in [0.05, 0.1) is 0 Å². The molecule has 86 valence electrons. The van der Waals surface area contributed by atoms with E-state index in [1.54, 1.807) is 6.07 Å². The summed E-state index contributed by atoms with van der Waals surface area (Å²) in [5.74, 6) is 0.356. The van der Waals surface area contributed by atoms with Gasteiger partial charge >= 0.3 is 0 Å². The van der Waals surface area contributed by atoms with Crippen LogP contribution in [0.2, 0.25) is 0 Å². The summed E-state index contributed by atoms with van der Waals surface area (Å²) in [6, 6.07) is 5.38. The molecule has 2 heterocycles. The number of rotatable bonds is 2. The molecule has 0 radical (unpaired) electrons. The molecular formula is C11H16N4O. The minimum absolute atomic E-state index is 0.328. The van der Waals surface area contributed by atoms with E-state index in [-0.39, 0.29) is 0 Å². The van der Waals surface area contributed by atoms with E-state index < -0.39 is 5.91 Å². The number of nitrogens with zero attached hydrogens (tertiary/aromatic N) is 2. The number of anilines is 1. The van der Waals surface area contributed by atoms with E-state index in [1.807, 2.05) is 12.1 Å². The number of hydrogen-bond acceptors (Lipinski definition) is 4. The van der Waals surface area contributed by atoms with Crippen LogP contribution in [0.15, 0.2) is 18.2 Å². The summed E-state index contributed by atoms with van der Waals surface area (Å²) < 4.78 is 0. The van der Waals surface area contributed by atoms with Gasteiger partial charge in [0.1, 0.15) is 11.5 Å². The third-order valence-electron chi connectivity index (χ3n) is 2.65. The third kappa shape index (κ3) is 2.49. The van der Waals surface area contributed by atoms with Crippen molar-refractivity contribution < 1.29 is 4.79 Å². The zero-order valence-electron chi connectivity index (χ0n) is 9.15. The first-order valence-electron chi connectivity index (χ1n) is 5.50. The summed E-state index contributed by atoms with van der Waals surface area (Å²) in [7, 11) is 0. The molecule has 16 heavy (non-hydrogen) atoms. The SMILES string of the molecule is NC(=O)c1cccc(N2CCCNCC2)n1. The molecule has 1 saturated heterocycles. The predicted molar refractivity (Wildman–Crippen MR) is 62.5 cm³/mol. The van der Waals surface area contributed by atoms with Crippen LogP contribution in [0.3, 0.4) is 0 Å². The number of primary amides is 1. The van der Waals surface area contributed by atoms with Crippen molar-refractivity contribution in [2.75, 3.05) is 31.1 Å². The lowest BCUT2D eigenvalue weighted by Gasteiger charge is -2.21. The van der Waals surface area contributed by atoms with Gasteiger partial charge in [-0.1, -0.05) is 6.07 Å². The number of nitrogens with one attached hydrogen (secondary N) is 1. The molecule has 1 aromatic heterocycles. The molecule has 0 atom stereocenters. The fourth-order valence-corrected chi connectivity index (χ4v) is 1.81. The van der Waals surface area contributed by atoms with Crippen LogP contribution >= 0.6 is 0 Å². The second-order valence-corrected chi connectivity index (χ2v) is 3.84. The maximum atomic E-state index is 11.0. The molecule has 1 aromatic rings. The number of amides is 1. The Balaban J connectivity index is 2.18. The molecule has 5 nitrogen and oxygen atoms in total. The van der Waals surface area contributed by atoms with Crippen LogP contribution in [0.4, 0.5) is 5.82 Å². The quantitative estimate of drug-likeness (QED) is 0.735. The van der Waals surface area contributed by atoms with Crippen molar-refractivity contribution >= 4 is 11.7 Å². The zero-order chi connectivity index (χ0) is 11.4. The van der Waals surface area contributed by atoms with E-state index in [4.69, 9.17) is 5.73 Å². The first kappa shape index (κ1) is 10.9. The normalized spacial score (nSPS) is 16.9. The zero-order valence-corrected chi connectivity index (χ0v) is 9.15. The molecule has 1 aliphatic heterocycles. The summed E-state index contributed by atoms with van der Waals surface area (Å²) in [4.78, 5) is 17.5. The second-order valence-electron chi connectivity index (χ2n) is 3.84. The van der Waals surface area contributed by atoms with Crippen LogP contribution < -0.4 is 16.0 Å². The lowest BCUT2D eigenvalue weighted by atomic mass is 10.3. The molecule has 5 heteroatoms. The maximum Gasteiger partial charge on any atom is 0.267 e. The third-order valence-corrected chi connectivity index (χ3v) is 2.65. The average molecular weight is 220 g/mol. The Hall–Kier alpha value is -1.62. The van der Waals surface area contributed by atoms with Crippen LogP contribution in [0.25, 0.3) is 0 Å². The van der Waals surface area contributed by atoms with Crippen molar-refractivity contribution in [3.8, 4) is 0 Å². The van der Waals surface area contributed by atoms with Crippen LogP contribution in [-0.2, 0) is 0 Å². The number of aromatic nitrogens is 1. The van der Waals surface area contributed by atoms with Crippen molar-refractivity contribution in [2.45, 2.75) is 6.42 Å². The largest absolute Gasteiger partial charge is 0.364 e. The van der Waals surface area contributed by atoms with Crippen molar-refractivity contribution in [3.05, 3.63) is 23.9 Å². The van der Waals surface area contributed by atoms with E-state index >= 15 is 0 Å². The Labute approximate surface area is 94.6 Å². The Kier molecular flexibility index (Phi) is 3.36. The highest BCUT2D eigenvalue weighted by atomic mass is 16.1. The van der Waals surface area contributed by atoms with Crippen LogP contribution in [0, 0.1) is 0 Å². The number of nitrogens with two attached hydrogens (primary N) is 1. The first-order valence-corrected chi connectivity index (χ1v) is 5.50. The average Bonchev–Trinajstić information content (AvgIpc) is 2.57. The van der Waals surface area contributed by atoms with Gasteiger partial charge in [0.25, 0.3) is 5.91 Å². The smallest absolute Gasteiger partial charge is 0.267 e. The molecule has 2 rings (SSSR count). The number of pyridine rings is 1. The van der Waals surface area contributed by atoms with Crippen LogP contribution in [0.1, 0.15) is 16.9 Å². The molecular weight excluding hydrogens is 204 g/mol. The molecule has 0 saturated carbocycles. The maximum absolute atomic E-state index is 11.0. The molecule has 1 fully saturated rings. The highest BCUT2D eigenvalue weighted by Gasteiger charge is 2.11. The molecule has 0 aliphatic carbocycles. The minimum Gasteiger partial charge on any atom is -0.364 e. The van der Waals surface area contributed by atoms with E-state index in [0.29, 0.717) is 5.69 Å². The van der Waals surface area contributed by atoms with Crippen molar-refractivity contribution in [1.29, 1.82) is 0 Å². The Bertz CT molecular complexity index is 372. The van der Waals surface area contributed by atoms with E-state index in [0.717, 1.165) is 38.4 Å². The van der Waals surface area contributed by atoms with Gasteiger partial charge in [0.15, 0.2) is 0 Å². The minimum atomic E-state index is -0.477. The van der Waals surface area contributed by atoms with E-state index in [2.05, 4.69) is 15.2 Å². The van der Waals surface area contributed by atoms with Crippen LogP contribution in [0.5, 0.6) is 0 Å². The first-order chi connectivity index (χ1) is 7.77. The van der Waals surface area contributed by atoms with Gasteiger partial charge in [-0.15, -0.1) is 0 Å². The number of hydrogen-bond donors (Lipinski definition) is 2. The van der Waals surface area contributed by atoms with Crippen molar-refractivity contribution in [3.63, 3.8) is 0 Å². The van der Waals surface area contributed by atoms with E-state index in [9.17, 15) is 4.79 Å². The summed E-state index contributed by atoms with van der Waals surface area (Å²) in [6.07, 6.45) is 1.09. The molecule has 0 unspecified atom stereocenters. The lowest BCUT2D eigenvalue weighted by Crippen LogP contribution is -2.29. The van der Waals surface area contributed by atoms with Crippen molar-refractivity contribution in [2.24, 2.45) is 5.73 Å². The number of carbonyl (C=O) groups excluding carboxylic acids is 1. The molecule has 0 bridgehead atoms. The Morgan fingerprint density at radius 2 is 2.25 bits per heavy atom. The van der Waals surface area contributed by atoms with Gasteiger partial charge in [-0.05, 0) is 25.1 Å². The van der Waals surface area contributed by atoms with Gasteiger partial charge in [-0.2, -0.15) is 0 Å². The second kappa shape index (κ2) is 4.94. The highest BCUT2D eigenvalue weighted by molar-refractivity contribution is 5.91. The van der Waals surface area contributed by atoms with E-state index in [1.165, 1.54) is 0 Å². The monoisotopic (exact) mass is 220 g/mol. The molecule has 1 amide bonds. The summed E-state index contributed by atoms with van der Waals surface area (Å²) in [6.45, 7) is 3.85. The summed E-state index contributed by atoms with van der Waals surface area (Å²) in [5, 5.41) is 3.32. The van der Waals surface area contributed by atoms with Gasteiger partial charge in [-0.25, -0.2) is 4.98 Å². The van der Waals surface area contributed by atoms with Gasteiger partial charge in [-0.3, -0.25) is 4.79 Å². The number of carbonyl (C=O) groups is 1. The fraction of sp³-hybridized carbons (Fsp3) is 0.455. The topological polar surface area (TPSA) is 71.2 Å². The molecule has 0 spiro atoms. The van der Waals surface area contributed by atoms with Gasteiger partial charge in [0, 0.05) is 19.6 Å². The highest BCUT2D eigenvalue weighted by Crippen LogP contribution is 2.12. The Morgan fingerprint density at radius 1 is 1.38 bits per heavy atom. The van der Waals surface area contributed by atoms with Gasteiger partial charge < -0.3 is 16.0 Å². The molecule has 1 aliphatic rings.